The van der Waals surface area contributed by atoms with Crippen molar-refractivity contribution in [3.63, 3.8) is 0 Å². The minimum atomic E-state index is -0.0879. The normalized spacial score (nSPS) is 13.7. The first kappa shape index (κ1) is 22.0. The molecule has 8 heteroatoms. The largest absolute Gasteiger partial charge is 0.497 e. The summed E-state index contributed by atoms with van der Waals surface area (Å²) in [6.45, 7) is 2.06. The molecule has 2 heterocycles. The predicted molar refractivity (Wildman–Crippen MR) is 124 cm³/mol. The number of hydrogen-bond acceptors (Lipinski definition) is 7. The third kappa shape index (κ3) is 5.52. The first-order chi connectivity index (χ1) is 16.2. The molecule has 0 N–H and O–H groups in total. The lowest BCUT2D eigenvalue weighted by molar-refractivity contribution is -0.133. The molecule has 33 heavy (non-hydrogen) atoms. The second kappa shape index (κ2) is 10.4. The smallest absolute Gasteiger partial charge is 0.260 e. The Balaban J connectivity index is 1.32. The highest BCUT2D eigenvalue weighted by Crippen LogP contribution is 2.24. The van der Waals surface area contributed by atoms with Crippen molar-refractivity contribution in [3.05, 3.63) is 71.7 Å². The van der Waals surface area contributed by atoms with Crippen molar-refractivity contribution in [1.29, 1.82) is 5.26 Å². The van der Waals surface area contributed by atoms with Crippen LogP contribution in [0, 0.1) is 11.3 Å². The summed E-state index contributed by atoms with van der Waals surface area (Å²) in [5, 5.41) is 9.49. The maximum Gasteiger partial charge on any atom is 0.260 e. The van der Waals surface area contributed by atoms with Crippen LogP contribution in [0.25, 0.3) is 12.2 Å². The first-order valence-electron chi connectivity index (χ1n) is 10.6. The molecule has 1 aromatic heterocycles. The van der Waals surface area contributed by atoms with Gasteiger partial charge in [0.1, 0.15) is 17.6 Å². The standard InChI is InChI=1S/C25H24N4O4/c1-31-20-8-10-21(11-9-20)32-18-24(30)28-13-15-29(16-14-28)25-22(17-26)27-23(33-25)12-7-19-5-3-2-4-6-19/h2-12H,13-16,18H2,1H3/b12-7+. The number of oxazole rings is 1. The molecule has 0 bridgehead atoms. The highest BCUT2D eigenvalue weighted by atomic mass is 16.5. The predicted octanol–water partition coefficient (Wildman–Crippen LogP) is 3.45. The number of nitrogens with zero attached hydrogens (tertiary/aromatic N) is 4. The van der Waals surface area contributed by atoms with Gasteiger partial charge >= 0.3 is 0 Å². The molecule has 0 saturated carbocycles. The fourth-order valence-corrected chi connectivity index (χ4v) is 3.49. The van der Waals surface area contributed by atoms with Crippen LogP contribution >= 0.6 is 0 Å². The van der Waals surface area contributed by atoms with Crippen LogP contribution in [-0.4, -0.2) is 55.7 Å². The first-order valence-corrected chi connectivity index (χ1v) is 10.6. The average Bonchev–Trinajstić information content (AvgIpc) is 3.30. The van der Waals surface area contributed by atoms with Gasteiger partial charge in [0.25, 0.3) is 5.91 Å². The highest BCUT2D eigenvalue weighted by molar-refractivity contribution is 5.78. The minimum absolute atomic E-state index is 0.0352. The van der Waals surface area contributed by atoms with E-state index in [9.17, 15) is 10.1 Å². The molecule has 8 nitrogen and oxygen atoms in total. The maximum atomic E-state index is 12.5. The van der Waals surface area contributed by atoms with Gasteiger partial charge in [-0.2, -0.15) is 10.2 Å². The average molecular weight is 444 g/mol. The molecule has 1 aliphatic rings. The molecule has 1 fully saturated rings. The number of hydrogen-bond donors (Lipinski definition) is 0. The van der Waals surface area contributed by atoms with Gasteiger partial charge in [0.15, 0.2) is 6.61 Å². The number of piperazine rings is 1. The van der Waals surface area contributed by atoms with Crippen molar-refractivity contribution < 1.29 is 18.7 Å². The topological polar surface area (TPSA) is 91.8 Å². The Morgan fingerprint density at radius 2 is 1.76 bits per heavy atom. The third-order valence-electron chi connectivity index (χ3n) is 5.29. The zero-order valence-corrected chi connectivity index (χ0v) is 18.3. The maximum absolute atomic E-state index is 12.5. The molecular weight excluding hydrogens is 420 g/mol. The summed E-state index contributed by atoms with van der Waals surface area (Å²) < 4.78 is 16.6. The number of aromatic nitrogens is 1. The van der Waals surface area contributed by atoms with Gasteiger partial charge in [0, 0.05) is 32.3 Å². The molecule has 0 radical (unpaired) electrons. The number of anilines is 1. The fourth-order valence-electron chi connectivity index (χ4n) is 3.49. The number of carbonyl (C=O) groups excluding carboxylic acids is 1. The van der Waals surface area contributed by atoms with E-state index < -0.39 is 0 Å². The van der Waals surface area contributed by atoms with E-state index in [1.54, 1.807) is 42.4 Å². The van der Waals surface area contributed by atoms with E-state index >= 15 is 0 Å². The van der Waals surface area contributed by atoms with Crippen molar-refractivity contribution >= 4 is 23.9 Å². The number of amides is 1. The quantitative estimate of drug-likeness (QED) is 0.551. The third-order valence-corrected chi connectivity index (χ3v) is 5.29. The Labute approximate surface area is 192 Å². The molecule has 4 rings (SSSR count). The number of rotatable bonds is 7. The SMILES string of the molecule is COc1ccc(OCC(=O)N2CCN(c3oc(/C=C/c4ccccc4)nc3C#N)CC2)cc1. The van der Waals surface area contributed by atoms with Crippen LogP contribution in [-0.2, 0) is 4.79 Å². The van der Waals surface area contributed by atoms with Gasteiger partial charge in [-0.05, 0) is 35.9 Å². The lowest BCUT2D eigenvalue weighted by Crippen LogP contribution is -2.50. The van der Waals surface area contributed by atoms with Gasteiger partial charge in [0.05, 0.1) is 7.11 Å². The van der Waals surface area contributed by atoms with E-state index in [0.29, 0.717) is 43.7 Å². The second-order valence-electron chi connectivity index (χ2n) is 7.39. The summed E-state index contributed by atoms with van der Waals surface area (Å²) >= 11 is 0. The summed E-state index contributed by atoms with van der Waals surface area (Å²) in [5.41, 5.74) is 1.25. The van der Waals surface area contributed by atoms with Crippen molar-refractivity contribution in [1.82, 2.24) is 9.88 Å². The Hall–Kier alpha value is -4.25. The van der Waals surface area contributed by atoms with E-state index in [2.05, 4.69) is 11.1 Å². The van der Waals surface area contributed by atoms with E-state index in [1.807, 2.05) is 41.3 Å². The molecule has 0 aliphatic carbocycles. The van der Waals surface area contributed by atoms with Gasteiger partial charge < -0.3 is 23.7 Å². The van der Waals surface area contributed by atoms with Crippen LogP contribution in [0.4, 0.5) is 5.88 Å². The van der Waals surface area contributed by atoms with Gasteiger partial charge in [-0.3, -0.25) is 4.79 Å². The van der Waals surface area contributed by atoms with Crippen LogP contribution < -0.4 is 14.4 Å². The number of methoxy groups -OCH3 is 1. The van der Waals surface area contributed by atoms with Crippen LogP contribution in [0.5, 0.6) is 11.5 Å². The highest BCUT2D eigenvalue weighted by Gasteiger charge is 2.26. The zero-order chi connectivity index (χ0) is 23.0. The van der Waals surface area contributed by atoms with Crippen LogP contribution in [0.15, 0.2) is 59.0 Å². The summed E-state index contributed by atoms with van der Waals surface area (Å²) in [6, 6.07) is 19.0. The Bertz CT molecular complexity index is 1140. The van der Waals surface area contributed by atoms with Crippen molar-refractivity contribution in [2.75, 3.05) is 44.8 Å². The van der Waals surface area contributed by atoms with Crippen molar-refractivity contribution in [2.24, 2.45) is 0 Å². The van der Waals surface area contributed by atoms with Crippen LogP contribution in [0.2, 0.25) is 0 Å². The number of nitriles is 1. The lowest BCUT2D eigenvalue weighted by Gasteiger charge is -2.34. The number of carbonyl (C=O) groups is 1. The molecule has 168 valence electrons. The summed E-state index contributed by atoms with van der Waals surface area (Å²) in [6.07, 6.45) is 3.63. The molecule has 0 atom stereocenters. The Kier molecular flexibility index (Phi) is 6.90. The van der Waals surface area contributed by atoms with Gasteiger partial charge in [-0.1, -0.05) is 30.3 Å². The minimum Gasteiger partial charge on any atom is -0.497 e. The molecule has 0 unspecified atom stereocenters. The van der Waals surface area contributed by atoms with Crippen LogP contribution in [0.1, 0.15) is 17.1 Å². The Morgan fingerprint density at radius 1 is 1.06 bits per heavy atom. The lowest BCUT2D eigenvalue weighted by atomic mass is 10.2. The van der Waals surface area contributed by atoms with Crippen molar-refractivity contribution in [2.45, 2.75) is 0 Å². The molecule has 1 aliphatic heterocycles. The molecule has 0 spiro atoms. The number of benzene rings is 2. The fraction of sp³-hybridized carbons (Fsp3) is 0.240. The van der Waals surface area contributed by atoms with Gasteiger partial charge in [-0.15, -0.1) is 0 Å². The van der Waals surface area contributed by atoms with Crippen molar-refractivity contribution in [3.8, 4) is 17.6 Å². The van der Waals surface area contributed by atoms with E-state index in [-0.39, 0.29) is 18.2 Å². The summed E-state index contributed by atoms with van der Waals surface area (Å²) in [4.78, 5) is 20.5. The van der Waals surface area contributed by atoms with Crippen LogP contribution in [0.3, 0.4) is 0 Å². The number of ether oxygens (including phenoxy) is 2. The van der Waals surface area contributed by atoms with E-state index in [0.717, 1.165) is 11.3 Å². The Morgan fingerprint density at radius 3 is 2.42 bits per heavy atom. The monoisotopic (exact) mass is 444 g/mol. The zero-order valence-electron chi connectivity index (χ0n) is 18.3. The molecule has 1 saturated heterocycles. The summed E-state index contributed by atoms with van der Waals surface area (Å²) in [7, 11) is 1.60. The summed E-state index contributed by atoms with van der Waals surface area (Å²) in [5.74, 6) is 2.06. The van der Waals surface area contributed by atoms with E-state index in [4.69, 9.17) is 13.9 Å². The van der Waals surface area contributed by atoms with Gasteiger partial charge in [-0.25, -0.2) is 0 Å². The molecular formula is C25H24N4O4. The second-order valence-corrected chi connectivity index (χ2v) is 7.39. The van der Waals surface area contributed by atoms with Gasteiger partial charge in [0.2, 0.25) is 17.5 Å². The molecule has 3 aromatic rings. The molecule has 2 aromatic carbocycles. The van der Waals surface area contributed by atoms with E-state index in [1.165, 1.54) is 0 Å². The molecule has 1 amide bonds.